The lowest BCUT2D eigenvalue weighted by Gasteiger charge is -2.19. The molecule has 0 aliphatic rings. The van der Waals surface area contributed by atoms with Crippen LogP contribution in [0.2, 0.25) is 5.02 Å². The molecule has 0 saturated carbocycles. The van der Waals surface area contributed by atoms with E-state index in [9.17, 15) is 9.18 Å². The molecule has 0 aliphatic heterocycles. The van der Waals surface area contributed by atoms with Gasteiger partial charge in [0.1, 0.15) is 5.82 Å². The van der Waals surface area contributed by atoms with Gasteiger partial charge in [0.15, 0.2) is 0 Å². The van der Waals surface area contributed by atoms with Crippen LogP contribution < -0.4 is 0 Å². The van der Waals surface area contributed by atoms with Crippen molar-refractivity contribution >= 4 is 17.6 Å². The normalized spacial score (nSPS) is 12.9. The van der Waals surface area contributed by atoms with Crippen LogP contribution in [0.5, 0.6) is 0 Å². The Morgan fingerprint density at radius 2 is 2.00 bits per heavy atom. The third-order valence-electron chi connectivity index (χ3n) is 2.65. The van der Waals surface area contributed by atoms with E-state index >= 15 is 0 Å². The Morgan fingerprint density at radius 3 is 2.44 bits per heavy atom. The van der Waals surface area contributed by atoms with Gasteiger partial charge in [-0.3, -0.25) is 4.79 Å². The topological polar surface area (TPSA) is 37.3 Å². The minimum Gasteiger partial charge on any atom is -0.481 e. The van der Waals surface area contributed by atoms with E-state index in [1.807, 2.05) is 13.8 Å². The van der Waals surface area contributed by atoms with E-state index in [1.54, 1.807) is 6.92 Å². The van der Waals surface area contributed by atoms with E-state index in [0.29, 0.717) is 11.1 Å². The predicted molar refractivity (Wildman–Crippen MR) is 61.4 cm³/mol. The van der Waals surface area contributed by atoms with Gasteiger partial charge in [-0.05, 0) is 30.0 Å². The van der Waals surface area contributed by atoms with Crippen LogP contribution in [0.25, 0.3) is 0 Å². The van der Waals surface area contributed by atoms with Gasteiger partial charge in [0.05, 0.1) is 10.9 Å². The lowest BCUT2D eigenvalue weighted by atomic mass is 9.86. The van der Waals surface area contributed by atoms with Gasteiger partial charge < -0.3 is 5.11 Å². The van der Waals surface area contributed by atoms with Crippen molar-refractivity contribution in [2.45, 2.75) is 26.7 Å². The van der Waals surface area contributed by atoms with E-state index < -0.39 is 17.7 Å². The third kappa shape index (κ3) is 2.35. The largest absolute Gasteiger partial charge is 0.481 e. The smallest absolute Gasteiger partial charge is 0.311 e. The van der Waals surface area contributed by atoms with Gasteiger partial charge in [0.25, 0.3) is 0 Å². The molecule has 2 nitrogen and oxygen atoms in total. The first-order valence-electron chi connectivity index (χ1n) is 5.03. The molecule has 1 rings (SSSR count). The fraction of sp³-hybridized carbons (Fsp3) is 0.417. The number of carboxylic acid groups (broad SMARTS) is 1. The summed E-state index contributed by atoms with van der Waals surface area (Å²) in [6.07, 6.45) is 0. The number of hydrogen-bond donors (Lipinski definition) is 1. The highest BCUT2D eigenvalue weighted by atomic mass is 35.5. The molecule has 0 saturated heterocycles. The minimum absolute atomic E-state index is 0.00407. The Kier molecular flexibility index (Phi) is 3.92. The third-order valence-corrected chi connectivity index (χ3v) is 3.11. The standard InChI is InChI=1S/C12H14ClFO2/c1-6(2)10(12(15)16)8-4-5-9(14)11(13)7(8)3/h4-6,10H,1-3H3,(H,15,16). The molecule has 0 heterocycles. The predicted octanol–water partition coefficient (Wildman–Crippen LogP) is 3.61. The van der Waals surface area contributed by atoms with Crippen LogP contribution in [0, 0.1) is 18.7 Å². The molecule has 88 valence electrons. The van der Waals surface area contributed by atoms with Crippen molar-refractivity contribution in [2.24, 2.45) is 5.92 Å². The molecule has 0 bridgehead atoms. The Bertz CT molecular complexity index is 416. The molecular weight excluding hydrogens is 231 g/mol. The Hall–Kier alpha value is -1.09. The van der Waals surface area contributed by atoms with E-state index in [1.165, 1.54) is 12.1 Å². The molecule has 0 radical (unpaired) electrons. The van der Waals surface area contributed by atoms with Crippen molar-refractivity contribution in [3.05, 3.63) is 34.1 Å². The molecule has 0 fully saturated rings. The summed E-state index contributed by atoms with van der Waals surface area (Å²) in [6, 6.07) is 2.71. The summed E-state index contributed by atoms with van der Waals surface area (Å²) in [5.41, 5.74) is 1.08. The molecule has 1 atom stereocenters. The first-order valence-corrected chi connectivity index (χ1v) is 5.41. The maximum atomic E-state index is 13.1. The number of carbonyl (C=O) groups is 1. The molecule has 1 aromatic rings. The molecule has 0 amide bonds. The zero-order valence-electron chi connectivity index (χ0n) is 9.42. The highest BCUT2D eigenvalue weighted by molar-refractivity contribution is 6.31. The molecule has 0 spiro atoms. The zero-order chi connectivity index (χ0) is 12.5. The molecule has 1 aromatic carbocycles. The summed E-state index contributed by atoms with van der Waals surface area (Å²) in [7, 11) is 0. The molecule has 1 N–H and O–H groups in total. The Labute approximate surface area is 99.0 Å². The van der Waals surface area contributed by atoms with Crippen LogP contribution >= 0.6 is 11.6 Å². The molecular formula is C12H14ClFO2. The summed E-state index contributed by atoms with van der Waals surface area (Å²) >= 11 is 5.77. The van der Waals surface area contributed by atoms with Crippen LogP contribution in [-0.4, -0.2) is 11.1 Å². The maximum absolute atomic E-state index is 13.1. The average Bonchev–Trinajstić information content (AvgIpc) is 2.17. The van der Waals surface area contributed by atoms with Gasteiger partial charge in [-0.1, -0.05) is 31.5 Å². The molecule has 0 aliphatic carbocycles. The van der Waals surface area contributed by atoms with Gasteiger partial charge in [-0.2, -0.15) is 0 Å². The fourth-order valence-electron chi connectivity index (χ4n) is 1.78. The number of carboxylic acids is 1. The number of aliphatic carboxylic acids is 1. The molecule has 16 heavy (non-hydrogen) atoms. The van der Waals surface area contributed by atoms with Crippen molar-refractivity contribution in [3.63, 3.8) is 0 Å². The van der Waals surface area contributed by atoms with Crippen LogP contribution in [0.15, 0.2) is 12.1 Å². The van der Waals surface area contributed by atoms with Crippen molar-refractivity contribution in [3.8, 4) is 0 Å². The van der Waals surface area contributed by atoms with E-state index in [0.717, 1.165) is 0 Å². The van der Waals surface area contributed by atoms with E-state index in [4.69, 9.17) is 16.7 Å². The quantitative estimate of drug-likeness (QED) is 0.882. The van der Waals surface area contributed by atoms with Crippen LogP contribution in [0.1, 0.15) is 30.9 Å². The summed E-state index contributed by atoms with van der Waals surface area (Å²) in [5.74, 6) is -2.16. The monoisotopic (exact) mass is 244 g/mol. The fourth-order valence-corrected chi connectivity index (χ4v) is 1.95. The summed E-state index contributed by atoms with van der Waals surface area (Å²) in [4.78, 5) is 11.2. The first-order chi connectivity index (χ1) is 7.36. The van der Waals surface area contributed by atoms with Crippen molar-refractivity contribution < 1.29 is 14.3 Å². The number of rotatable bonds is 3. The van der Waals surface area contributed by atoms with Gasteiger partial charge in [0.2, 0.25) is 0 Å². The number of benzene rings is 1. The average molecular weight is 245 g/mol. The second kappa shape index (κ2) is 4.83. The molecule has 1 unspecified atom stereocenters. The summed E-state index contributed by atoms with van der Waals surface area (Å²) in [6.45, 7) is 5.27. The number of halogens is 2. The van der Waals surface area contributed by atoms with Crippen molar-refractivity contribution in [1.82, 2.24) is 0 Å². The molecule has 0 aromatic heterocycles. The highest BCUT2D eigenvalue weighted by Gasteiger charge is 2.26. The second-order valence-electron chi connectivity index (χ2n) is 4.14. The Balaban J connectivity index is 3.31. The SMILES string of the molecule is Cc1c(C(C(=O)O)C(C)C)ccc(F)c1Cl. The van der Waals surface area contributed by atoms with E-state index in [2.05, 4.69) is 0 Å². The second-order valence-corrected chi connectivity index (χ2v) is 4.51. The maximum Gasteiger partial charge on any atom is 0.311 e. The van der Waals surface area contributed by atoms with Gasteiger partial charge >= 0.3 is 5.97 Å². The van der Waals surface area contributed by atoms with Gasteiger partial charge in [0, 0.05) is 0 Å². The Morgan fingerprint density at radius 1 is 1.44 bits per heavy atom. The summed E-state index contributed by atoms with van der Waals surface area (Å²) < 4.78 is 13.1. The van der Waals surface area contributed by atoms with Crippen molar-refractivity contribution in [2.75, 3.05) is 0 Å². The van der Waals surface area contributed by atoms with Crippen LogP contribution in [0.4, 0.5) is 4.39 Å². The van der Waals surface area contributed by atoms with Crippen molar-refractivity contribution in [1.29, 1.82) is 0 Å². The highest BCUT2D eigenvalue weighted by Crippen LogP contribution is 2.32. The summed E-state index contributed by atoms with van der Waals surface area (Å²) in [5, 5.41) is 9.15. The minimum atomic E-state index is -0.916. The number of hydrogen-bond acceptors (Lipinski definition) is 1. The first kappa shape index (κ1) is 13.0. The zero-order valence-corrected chi connectivity index (χ0v) is 10.2. The lowest BCUT2D eigenvalue weighted by molar-refractivity contribution is -0.139. The van der Waals surface area contributed by atoms with Gasteiger partial charge in [-0.25, -0.2) is 4.39 Å². The van der Waals surface area contributed by atoms with Crippen LogP contribution in [0.3, 0.4) is 0 Å². The molecule has 4 heteroatoms. The van der Waals surface area contributed by atoms with Crippen LogP contribution in [-0.2, 0) is 4.79 Å². The van der Waals surface area contributed by atoms with Gasteiger partial charge in [-0.15, -0.1) is 0 Å². The lowest BCUT2D eigenvalue weighted by Crippen LogP contribution is -2.18. The van der Waals surface area contributed by atoms with E-state index in [-0.39, 0.29) is 10.9 Å².